The number of ether oxygens (including phenoxy) is 1. The van der Waals surface area contributed by atoms with Gasteiger partial charge in [-0.3, -0.25) is 9.80 Å². The Balaban J connectivity index is 2.78. The van der Waals surface area contributed by atoms with Gasteiger partial charge in [0.1, 0.15) is 5.75 Å². The Labute approximate surface area is 96.0 Å². The van der Waals surface area contributed by atoms with Crippen LogP contribution < -0.4 is 10.6 Å². The van der Waals surface area contributed by atoms with E-state index in [0.29, 0.717) is 0 Å². The van der Waals surface area contributed by atoms with Crippen LogP contribution in [0, 0.1) is 20.8 Å². The molecule has 0 unspecified atom stereocenters. The highest BCUT2D eigenvalue weighted by Crippen LogP contribution is 2.24. The van der Waals surface area contributed by atoms with Crippen LogP contribution in [0.5, 0.6) is 5.75 Å². The number of carbonyl (C=O) groups is 1. The summed E-state index contributed by atoms with van der Waals surface area (Å²) < 4.78 is 5.47. The van der Waals surface area contributed by atoms with Gasteiger partial charge in [0.2, 0.25) is 0 Å². The second kappa shape index (κ2) is 4.99. The van der Waals surface area contributed by atoms with Gasteiger partial charge in [-0.25, -0.2) is 5.84 Å². The van der Waals surface area contributed by atoms with Gasteiger partial charge in [0, 0.05) is 7.05 Å². The molecule has 0 aliphatic carbocycles. The summed E-state index contributed by atoms with van der Waals surface area (Å²) in [5, 5.41) is 1.03. The van der Waals surface area contributed by atoms with Gasteiger partial charge in [-0.15, -0.1) is 0 Å². The van der Waals surface area contributed by atoms with Crippen molar-refractivity contribution in [2.75, 3.05) is 13.7 Å². The Kier molecular flexibility index (Phi) is 3.90. The quantitative estimate of drug-likeness (QED) is 0.477. The first-order valence-corrected chi connectivity index (χ1v) is 5.13. The van der Waals surface area contributed by atoms with E-state index in [9.17, 15) is 4.79 Å². The minimum absolute atomic E-state index is 0.0300. The van der Waals surface area contributed by atoms with Crippen molar-refractivity contribution in [3.8, 4) is 5.75 Å². The van der Waals surface area contributed by atoms with E-state index < -0.39 is 0 Å². The lowest BCUT2D eigenvalue weighted by molar-refractivity contribution is -0.132. The maximum absolute atomic E-state index is 11.3. The maximum Gasteiger partial charge on any atom is 0.274 e. The summed E-state index contributed by atoms with van der Waals surface area (Å²) in [7, 11) is 1.50. The topological polar surface area (TPSA) is 55.6 Å². The summed E-state index contributed by atoms with van der Waals surface area (Å²) in [5.41, 5.74) is 3.25. The molecule has 1 aromatic carbocycles. The summed E-state index contributed by atoms with van der Waals surface area (Å²) in [4.78, 5) is 11.3. The molecule has 0 spiro atoms. The number of likely N-dealkylation sites (N-methyl/N-ethyl adjacent to an activating group) is 1. The highest BCUT2D eigenvalue weighted by atomic mass is 16.5. The number of carbonyl (C=O) groups excluding carboxylic acids is 1. The third-order valence-corrected chi connectivity index (χ3v) is 2.34. The van der Waals surface area contributed by atoms with E-state index in [0.717, 1.165) is 21.9 Å². The third-order valence-electron chi connectivity index (χ3n) is 2.34. The van der Waals surface area contributed by atoms with Crippen molar-refractivity contribution in [1.82, 2.24) is 5.01 Å². The van der Waals surface area contributed by atoms with E-state index in [2.05, 4.69) is 0 Å². The standard InChI is InChI=1S/C12H18N2O2/c1-8-5-9(2)12(10(3)6-8)16-7-11(15)14(4)13/h5-6H,7,13H2,1-4H3. The molecule has 4 heteroatoms. The fourth-order valence-corrected chi connectivity index (χ4v) is 1.63. The van der Waals surface area contributed by atoms with Crippen LogP contribution in [-0.2, 0) is 4.79 Å². The molecule has 2 N–H and O–H groups in total. The van der Waals surface area contributed by atoms with Gasteiger partial charge in [0.05, 0.1) is 0 Å². The van der Waals surface area contributed by atoms with Gasteiger partial charge < -0.3 is 4.74 Å². The Bertz CT molecular complexity index is 377. The highest BCUT2D eigenvalue weighted by Gasteiger charge is 2.09. The molecule has 0 heterocycles. The molecule has 88 valence electrons. The second-order valence-corrected chi connectivity index (χ2v) is 4.02. The minimum Gasteiger partial charge on any atom is -0.483 e. The smallest absolute Gasteiger partial charge is 0.274 e. The molecule has 0 radical (unpaired) electrons. The zero-order chi connectivity index (χ0) is 12.3. The Hall–Kier alpha value is -1.55. The van der Waals surface area contributed by atoms with Gasteiger partial charge in [0.25, 0.3) is 5.91 Å². The van der Waals surface area contributed by atoms with Crippen LogP contribution in [0.15, 0.2) is 12.1 Å². The van der Waals surface area contributed by atoms with Crippen molar-refractivity contribution >= 4 is 5.91 Å². The third kappa shape index (κ3) is 2.97. The molecule has 0 saturated heterocycles. The number of rotatable bonds is 3. The van der Waals surface area contributed by atoms with Crippen LogP contribution in [0.25, 0.3) is 0 Å². The molecule has 0 saturated carbocycles. The van der Waals surface area contributed by atoms with Crippen LogP contribution in [0.2, 0.25) is 0 Å². The fourth-order valence-electron chi connectivity index (χ4n) is 1.63. The first-order chi connectivity index (χ1) is 7.41. The molecule has 16 heavy (non-hydrogen) atoms. The van der Waals surface area contributed by atoms with E-state index >= 15 is 0 Å². The summed E-state index contributed by atoms with van der Waals surface area (Å²) in [6, 6.07) is 4.05. The minimum atomic E-state index is -0.251. The van der Waals surface area contributed by atoms with Crippen molar-refractivity contribution in [1.29, 1.82) is 0 Å². The van der Waals surface area contributed by atoms with Gasteiger partial charge in [-0.05, 0) is 31.9 Å². The molecular weight excluding hydrogens is 204 g/mol. The van der Waals surface area contributed by atoms with E-state index in [-0.39, 0.29) is 12.5 Å². The average molecular weight is 222 g/mol. The van der Waals surface area contributed by atoms with Crippen molar-refractivity contribution in [2.24, 2.45) is 5.84 Å². The lowest BCUT2D eigenvalue weighted by Gasteiger charge is -2.14. The SMILES string of the molecule is Cc1cc(C)c(OCC(=O)N(C)N)c(C)c1. The Morgan fingerprint density at radius 2 is 1.81 bits per heavy atom. The van der Waals surface area contributed by atoms with Crippen molar-refractivity contribution in [3.05, 3.63) is 28.8 Å². The van der Waals surface area contributed by atoms with Gasteiger partial charge in [-0.2, -0.15) is 0 Å². The van der Waals surface area contributed by atoms with Gasteiger partial charge >= 0.3 is 0 Å². The normalized spacial score (nSPS) is 10.1. The largest absolute Gasteiger partial charge is 0.483 e. The maximum atomic E-state index is 11.3. The summed E-state index contributed by atoms with van der Waals surface area (Å²) in [6.45, 7) is 5.93. The number of nitrogens with two attached hydrogens (primary N) is 1. The van der Waals surface area contributed by atoms with E-state index in [1.807, 2.05) is 32.9 Å². The van der Waals surface area contributed by atoms with Crippen LogP contribution in [0.3, 0.4) is 0 Å². The number of hydrazine groups is 1. The van der Waals surface area contributed by atoms with Crippen molar-refractivity contribution < 1.29 is 9.53 Å². The van der Waals surface area contributed by atoms with E-state index in [1.54, 1.807) is 0 Å². The number of benzene rings is 1. The average Bonchev–Trinajstić information content (AvgIpc) is 2.15. The molecule has 1 amide bonds. The Morgan fingerprint density at radius 1 is 1.31 bits per heavy atom. The van der Waals surface area contributed by atoms with E-state index in [4.69, 9.17) is 10.6 Å². The van der Waals surface area contributed by atoms with Crippen LogP contribution in [-0.4, -0.2) is 24.6 Å². The molecule has 0 fully saturated rings. The molecule has 0 aliphatic heterocycles. The monoisotopic (exact) mass is 222 g/mol. The van der Waals surface area contributed by atoms with Crippen molar-refractivity contribution in [2.45, 2.75) is 20.8 Å². The number of nitrogens with zero attached hydrogens (tertiary/aromatic N) is 1. The summed E-state index contributed by atoms with van der Waals surface area (Å²) in [6.07, 6.45) is 0. The first kappa shape index (κ1) is 12.5. The zero-order valence-corrected chi connectivity index (χ0v) is 10.2. The lowest BCUT2D eigenvalue weighted by atomic mass is 10.1. The highest BCUT2D eigenvalue weighted by molar-refractivity contribution is 5.76. The molecule has 1 aromatic rings. The van der Waals surface area contributed by atoms with Crippen LogP contribution in [0.4, 0.5) is 0 Å². The molecule has 0 aliphatic rings. The summed E-state index contributed by atoms with van der Waals surface area (Å²) in [5.74, 6) is 5.82. The van der Waals surface area contributed by atoms with E-state index in [1.165, 1.54) is 12.6 Å². The number of hydrogen-bond donors (Lipinski definition) is 1. The molecule has 1 rings (SSSR count). The predicted molar refractivity (Wildman–Crippen MR) is 63.1 cm³/mol. The number of aryl methyl sites for hydroxylation is 3. The Morgan fingerprint density at radius 3 is 2.25 bits per heavy atom. The molecular formula is C12H18N2O2. The number of hydrogen-bond acceptors (Lipinski definition) is 3. The first-order valence-electron chi connectivity index (χ1n) is 5.13. The summed E-state index contributed by atoms with van der Waals surface area (Å²) >= 11 is 0. The molecule has 0 bridgehead atoms. The number of amides is 1. The molecule has 0 atom stereocenters. The molecule has 4 nitrogen and oxygen atoms in total. The second-order valence-electron chi connectivity index (χ2n) is 4.02. The zero-order valence-electron chi connectivity index (χ0n) is 10.2. The van der Waals surface area contributed by atoms with Gasteiger partial charge in [-0.1, -0.05) is 17.7 Å². The molecule has 0 aromatic heterocycles. The fraction of sp³-hybridized carbons (Fsp3) is 0.417. The van der Waals surface area contributed by atoms with Crippen molar-refractivity contribution in [3.63, 3.8) is 0 Å². The lowest BCUT2D eigenvalue weighted by Crippen LogP contribution is -2.36. The van der Waals surface area contributed by atoms with Crippen LogP contribution >= 0.6 is 0 Å². The van der Waals surface area contributed by atoms with Gasteiger partial charge in [0.15, 0.2) is 6.61 Å². The predicted octanol–water partition coefficient (Wildman–Crippen LogP) is 1.32. The van der Waals surface area contributed by atoms with Crippen LogP contribution in [0.1, 0.15) is 16.7 Å².